The summed E-state index contributed by atoms with van der Waals surface area (Å²) in [5.74, 6) is -0.334. The van der Waals surface area contributed by atoms with Gasteiger partial charge < -0.3 is 19.8 Å². The predicted molar refractivity (Wildman–Crippen MR) is 73.4 cm³/mol. The molecule has 1 unspecified atom stereocenters. The first-order valence-electron chi connectivity index (χ1n) is 6.61. The molecule has 0 aliphatic carbocycles. The minimum atomic E-state index is -0.554. The first kappa shape index (κ1) is 16.0. The second-order valence-electron chi connectivity index (χ2n) is 4.76. The molecule has 1 aromatic rings. The van der Waals surface area contributed by atoms with Crippen molar-refractivity contribution in [2.24, 2.45) is 5.92 Å². The van der Waals surface area contributed by atoms with Gasteiger partial charge in [-0.25, -0.2) is 4.79 Å². The molecule has 1 heterocycles. The van der Waals surface area contributed by atoms with Gasteiger partial charge in [0.1, 0.15) is 12.3 Å². The van der Waals surface area contributed by atoms with Gasteiger partial charge in [0.05, 0.1) is 6.61 Å². The standard InChI is InChI=1S/C13H21N3O4/c1-5-19-12(18)10-7-20-13(16-10)15-9(4)11(17)14-6-8(2)3/h7-9H,5-6H2,1-4H3,(H,14,17)(H,15,16). The molecular formula is C13H21N3O4. The van der Waals surface area contributed by atoms with Crippen LogP contribution in [0.15, 0.2) is 10.7 Å². The van der Waals surface area contributed by atoms with E-state index in [9.17, 15) is 9.59 Å². The number of rotatable bonds is 7. The van der Waals surface area contributed by atoms with Crippen LogP contribution in [0.5, 0.6) is 0 Å². The maximum absolute atomic E-state index is 11.8. The lowest BCUT2D eigenvalue weighted by molar-refractivity contribution is -0.121. The molecule has 112 valence electrons. The molecule has 20 heavy (non-hydrogen) atoms. The van der Waals surface area contributed by atoms with Gasteiger partial charge >= 0.3 is 5.97 Å². The fourth-order valence-corrected chi connectivity index (χ4v) is 1.35. The van der Waals surface area contributed by atoms with E-state index >= 15 is 0 Å². The first-order chi connectivity index (χ1) is 9.43. The average molecular weight is 283 g/mol. The Morgan fingerprint density at radius 3 is 2.70 bits per heavy atom. The Bertz CT molecular complexity index is 456. The number of anilines is 1. The summed E-state index contributed by atoms with van der Waals surface area (Å²) in [7, 11) is 0. The molecule has 0 radical (unpaired) electrons. The van der Waals surface area contributed by atoms with Gasteiger partial charge in [-0.1, -0.05) is 13.8 Å². The van der Waals surface area contributed by atoms with Crippen molar-refractivity contribution in [1.29, 1.82) is 0 Å². The van der Waals surface area contributed by atoms with Gasteiger partial charge in [0, 0.05) is 6.54 Å². The van der Waals surface area contributed by atoms with E-state index < -0.39 is 12.0 Å². The van der Waals surface area contributed by atoms with Crippen molar-refractivity contribution in [3.05, 3.63) is 12.0 Å². The molecule has 0 bridgehead atoms. The smallest absolute Gasteiger partial charge is 0.360 e. The Hall–Kier alpha value is -2.05. The van der Waals surface area contributed by atoms with Gasteiger partial charge in [-0.05, 0) is 19.8 Å². The molecule has 0 aliphatic heterocycles. The zero-order chi connectivity index (χ0) is 15.1. The molecule has 1 rings (SSSR count). The summed E-state index contributed by atoms with van der Waals surface area (Å²) in [4.78, 5) is 27.1. The molecule has 0 spiro atoms. The van der Waals surface area contributed by atoms with Crippen LogP contribution in [-0.2, 0) is 9.53 Å². The zero-order valence-electron chi connectivity index (χ0n) is 12.2. The summed E-state index contributed by atoms with van der Waals surface area (Å²) in [6, 6.07) is -0.400. The van der Waals surface area contributed by atoms with Crippen molar-refractivity contribution >= 4 is 17.9 Å². The molecule has 0 fully saturated rings. The lowest BCUT2D eigenvalue weighted by Crippen LogP contribution is -2.39. The molecule has 7 nitrogen and oxygen atoms in total. The average Bonchev–Trinajstić information content (AvgIpc) is 2.84. The fourth-order valence-electron chi connectivity index (χ4n) is 1.35. The highest BCUT2D eigenvalue weighted by Crippen LogP contribution is 2.10. The van der Waals surface area contributed by atoms with Crippen LogP contribution in [0.25, 0.3) is 0 Å². The van der Waals surface area contributed by atoms with Crippen LogP contribution in [0, 0.1) is 5.92 Å². The highest BCUT2D eigenvalue weighted by atomic mass is 16.5. The Morgan fingerprint density at radius 1 is 1.40 bits per heavy atom. The second kappa shape index (κ2) is 7.52. The van der Waals surface area contributed by atoms with Crippen molar-refractivity contribution in [2.45, 2.75) is 33.7 Å². The Balaban J connectivity index is 2.51. The lowest BCUT2D eigenvalue weighted by Gasteiger charge is -2.13. The molecule has 1 amide bonds. The summed E-state index contributed by atoms with van der Waals surface area (Å²) < 4.78 is 9.87. The van der Waals surface area contributed by atoms with Crippen LogP contribution in [0.2, 0.25) is 0 Å². The number of hydrogen-bond acceptors (Lipinski definition) is 6. The highest BCUT2D eigenvalue weighted by Gasteiger charge is 2.17. The molecule has 1 aromatic heterocycles. The van der Waals surface area contributed by atoms with Crippen LogP contribution >= 0.6 is 0 Å². The third-order valence-electron chi connectivity index (χ3n) is 2.41. The maximum atomic E-state index is 11.8. The number of nitrogens with one attached hydrogen (secondary N) is 2. The van der Waals surface area contributed by atoms with Crippen LogP contribution in [-0.4, -0.2) is 36.1 Å². The highest BCUT2D eigenvalue weighted by molar-refractivity contribution is 5.87. The first-order valence-corrected chi connectivity index (χ1v) is 6.61. The van der Waals surface area contributed by atoms with Crippen molar-refractivity contribution in [3.8, 4) is 0 Å². The number of hydrogen-bond donors (Lipinski definition) is 2. The van der Waals surface area contributed by atoms with Crippen LogP contribution in [0.1, 0.15) is 38.2 Å². The molecule has 0 aliphatic rings. The minimum absolute atomic E-state index is 0.0733. The van der Waals surface area contributed by atoms with E-state index in [0.29, 0.717) is 12.5 Å². The number of carbonyl (C=O) groups is 2. The third kappa shape index (κ3) is 4.91. The zero-order valence-corrected chi connectivity index (χ0v) is 12.2. The van der Waals surface area contributed by atoms with Gasteiger partial charge in [-0.2, -0.15) is 4.98 Å². The van der Waals surface area contributed by atoms with Gasteiger partial charge in [-0.15, -0.1) is 0 Å². The number of carbonyl (C=O) groups excluding carboxylic acids is 2. The number of amides is 1. The van der Waals surface area contributed by atoms with E-state index in [-0.39, 0.29) is 24.2 Å². The number of oxazole rings is 1. The fraction of sp³-hybridized carbons (Fsp3) is 0.615. The monoisotopic (exact) mass is 283 g/mol. The summed E-state index contributed by atoms with van der Waals surface area (Å²) >= 11 is 0. The van der Waals surface area contributed by atoms with Crippen LogP contribution in [0.4, 0.5) is 6.01 Å². The summed E-state index contributed by atoms with van der Waals surface area (Å²) in [5.41, 5.74) is 0.0733. The molecule has 2 N–H and O–H groups in total. The summed E-state index contributed by atoms with van der Waals surface area (Å²) in [6.07, 6.45) is 1.19. The van der Waals surface area contributed by atoms with Gasteiger partial charge in [-0.3, -0.25) is 4.79 Å². The molecule has 7 heteroatoms. The molecule has 0 saturated carbocycles. The second-order valence-corrected chi connectivity index (χ2v) is 4.76. The van der Waals surface area contributed by atoms with Crippen molar-refractivity contribution < 1.29 is 18.7 Å². The third-order valence-corrected chi connectivity index (χ3v) is 2.41. The molecule has 1 atom stereocenters. The van der Waals surface area contributed by atoms with Gasteiger partial charge in [0.15, 0.2) is 5.69 Å². The largest absolute Gasteiger partial charge is 0.461 e. The Morgan fingerprint density at radius 2 is 2.10 bits per heavy atom. The molecule has 0 aromatic carbocycles. The number of aromatic nitrogens is 1. The van der Waals surface area contributed by atoms with E-state index in [0.717, 1.165) is 0 Å². The van der Waals surface area contributed by atoms with E-state index in [1.807, 2.05) is 13.8 Å². The van der Waals surface area contributed by atoms with Crippen LogP contribution < -0.4 is 10.6 Å². The number of ether oxygens (including phenoxy) is 1. The Kier molecular flexibility index (Phi) is 6.02. The van der Waals surface area contributed by atoms with E-state index in [1.54, 1.807) is 13.8 Å². The number of esters is 1. The number of nitrogens with zero attached hydrogens (tertiary/aromatic N) is 1. The molecular weight excluding hydrogens is 262 g/mol. The van der Waals surface area contributed by atoms with E-state index in [2.05, 4.69) is 15.6 Å². The lowest BCUT2D eigenvalue weighted by atomic mass is 10.2. The minimum Gasteiger partial charge on any atom is -0.461 e. The van der Waals surface area contributed by atoms with Crippen molar-refractivity contribution in [1.82, 2.24) is 10.3 Å². The normalized spacial score (nSPS) is 12.1. The maximum Gasteiger partial charge on any atom is 0.360 e. The Labute approximate surface area is 118 Å². The molecule has 0 saturated heterocycles. The van der Waals surface area contributed by atoms with Crippen molar-refractivity contribution in [2.75, 3.05) is 18.5 Å². The van der Waals surface area contributed by atoms with E-state index in [1.165, 1.54) is 6.26 Å². The summed E-state index contributed by atoms with van der Waals surface area (Å²) in [6.45, 7) is 8.28. The van der Waals surface area contributed by atoms with E-state index in [4.69, 9.17) is 9.15 Å². The van der Waals surface area contributed by atoms with Crippen molar-refractivity contribution in [3.63, 3.8) is 0 Å². The predicted octanol–water partition coefficient (Wildman–Crippen LogP) is 1.42. The van der Waals surface area contributed by atoms with Gasteiger partial charge in [0.2, 0.25) is 5.91 Å². The topological polar surface area (TPSA) is 93.5 Å². The SMILES string of the molecule is CCOC(=O)c1coc(NC(C)C(=O)NCC(C)C)n1. The van der Waals surface area contributed by atoms with Crippen LogP contribution in [0.3, 0.4) is 0 Å². The quantitative estimate of drug-likeness (QED) is 0.735. The summed E-state index contributed by atoms with van der Waals surface area (Å²) in [5, 5.41) is 5.57. The van der Waals surface area contributed by atoms with Gasteiger partial charge in [0.25, 0.3) is 6.01 Å².